The lowest BCUT2D eigenvalue weighted by molar-refractivity contribution is 0.250. The quantitative estimate of drug-likeness (QED) is 0.661. The summed E-state index contributed by atoms with van der Waals surface area (Å²) >= 11 is 12.1. The number of hydrogen-bond donors (Lipinski definition) is 0. The summed E-state index contributed by atoms with van der Waals surface area (Å²) < 4.78 is 2.09. The van der Waals surface area contributed by atoms with E-state index in [1.165, 1.54) is 0 Å². The van der Waals surface area contributed by atoms with Crippen molar-refractivity contribution in [2.24, 2.45) is 5.10 Å². The fourth-order valence-corrected chi connectivity index (χ4v) is 3.54. The third kappa shape index (κ3) is 3.03. The lowest BCUT2D eigenvalue weighted by Gasteiger charge is -2.26. The van der Waals surface area contributed by atoms with Gasteiger partial charge in [-0.25, -0.2) is 4.98 Å². The van der Waals surface area contributed by atoms with E-state index in [0.717, 1.165) is 21.9 Å². The average molecular weight is 371 g/mol. The molecule has 4 rings (SSSR count). The van der Waals surface area contributed by atoms with Gasteiger partial charge in [-0.2, -0.15) is 5.10 Å². The minimum atomic E-state index is 0.00912. The van der Waals surface area contributed by atoms with E-state index in [9.17, 15) is 0 Å². The van der Waals surface area contributed by atoms with Crippen molar-refractivity contribution in [2.45, 2.75) is 12.1 Å². The maximum absolute atomic E-state index is 6.06. The van der Waals surface area contributed by atoms with Gasteiger partial charge in [-0.05, 0) is 29.8 Å². The van der Waals surface area contributed by atoms with Gasteiger partial charge >= 0.3 is 0 Å². The van der Waals surface area contributed by atoms with E-state index in [4.69, 9.17) is 28.3 Å². The van der Waals surface area contributed by atoms with Crippen LogP contribution in [0.5, 0.6) is 0 Å². The Labute approximate surface area is 156 Å². The molecule has 25 heavy (non-hydrogen) atoms. The zero-order valence-corrected chi connectivity index (χ0v) is 15.1. The lowest BCUT2D eigenvalue weighted by Crippen LogP contribution is -2.26. The van der Waals surface area contributed by atoms with Crippen molar-refractivity contribution in [2.75, 3.05) is 7.05 Å². The first-order chi connectivity index (χ1) is 12.1. The molecule has 2 aromatic carbocycles. The Balaban J connectivity index is 1.80. The van der Waals surface area contributed by atoms with Crippen molar-refractivity contribution in [1.29, 1.82) is 0 Å². The second kappa shape index (κ2) is 6.54. The number of benzene rings is 2. The van der Waals surface area contributed by atoms with E-state index in [-0.39, 0.29) is 12.1 Å². The van der Waals surface area contributed by atoms with E-state index >= 15 is 0 Å². The highest BCUT2D eigenvalue weighted by atomic mass is 35.5. The van der Waals surface area contributed by atoms with Crippen molar-refractivity contribution < 1.29 is 0 Å². The van der Waals surface area contributed by atoms with Gasteiger partial charge in [0.25, 0.3) is 0 Å². The zero-order valence-electron chi connectivity index (χ0n) is 13.6. The summed E-state index contributed by atoms with van der Waals surface area (Å²) in [6.45, 7) is 0. The van der Waals surface area contributed by atoms with Gasteiger partial charge in [0, 0.05) is 35.1 Å². The highest BCUT2D eigenvalue weighted by Crippen LogP contribution is 2.40. The van der Waals surface area contributed by atoms with Gasteiger partial charge in [-0.15, -0.1) is 0 Å². The van der Waals surface area contributed by atoms with Crippen LogP contribution >= 0.6 is 23.2 Å². The number of nitrogens with zero attached hydrogens (tertiary/aromatic N) is 4. The smallest absolute Gasteiger partial charge is 0.105 e. The Morgan fingerprint density at radius 2 is 1.52 bits per heavy atom. The zero-order chi connectivity index (χ0) is 17.4. The molecule has 4 nitrogen and oxygen atoms in total. The van der Waals surface area contributed by atoms with E-state index in [1.807, 2.05) is 73.1 Å². The van der Waals surface area contributed by atoms with Crippen LogP contribution in [0.4, 0.5) is 0 Å². The van der Waals surface area contributed by atoms with Crippen LogP contribution in [0.25, 0.3) is 0 Å². The molecule has 2 heterocycles. The molecule has 0 N–H and O–H groups in total. The van der Waals surface area contributed by atoms with Crippen LogP contribution in [0.3, 0.4) is 0 Å². The van der Waals surface area contributed by atoms with Gasteiger partial charge < -0.3 is 4.57 Å². The molecule has 2 atom stereocenters. The average Bonchev–Trinajstić information content (AvgIpc) is 3.24. The van der Waals surface area contributed by atoms with Crippen molar-refractivity contribution in [3.05, 3.63) is 88.4 Å². The van der Waals surface area contributed by atoms with Crippen LogP contribution in [-0.2, 0) is 0 Å². The van der Waals surface area contributed by atoms with E-state index in [1.54, 1.807) is 6.20 Å². The Kier molecular flexibility index (Phi) is 4.24. The molecule has 1 aliphatic rings. The van der Waals surface area contributed by atoms with Gasteiger partial charge in [0.1, 0.15) is 6.04 Å². The van der Waals surface area contributed by atoms with Gasteiger partial charge in [0.05, 0.1) is 18.1 Å². The van der Waals surface area contributed by atoms with Crippen LogP contribution in [0.2, 0.25) is 10.0 Å². The number of aromatic nitrogens is 2. The molecule has 1 aromatic heterocycles. The molecule has 0 radical (unpaired) electrons. The van der Waals surface area contributed by atoms with Crippen molar-refractivity contribution in [3.63, 3.8) is 0 Å². The lowest BCUT2D eigenvalue weighted by atomic mass is 9.93. The summed E-state index contributed by atoms with van der Waals surface area (Å²) in [4.78, 5) is 4.22. The second-order valence-corrected chi connectivity index (χ2v) is 6.89. The molecule has 1 aliphatic heterocycles. The topological polar surface area (TPSA) is 33.4 Å². The molecule has 6 heteroatoms. The molecule has 126 valence electrons. The molecule has 0 unspecified atom stereocenters. The van der Waals surface area contributed by atoms with Crippen LogP contribution in [0, 0.1) is 0 Å². The van der Waals surface area contributed by atoms with Crippen molar-refractivity contribution in [3.8, 4) is 0 Å². The first-order valence-corrected chi connectivity index (χ1v) is 8.69. The minimum absolute atomic E-state index is 0.00912. The number of imidazole rings is 1. The first kappa shape index (κ1) is 16.2. The number of hydrazone groups is 1. The maximum Gasteiger partial charge on any atom is 0.105 e. The summed E-state index contributed by atoms with van der Waals surface area (Å²) in [7, 11) is 1.99. The molecule has 0 saturated carbocycles. The van der Waals surface area contributed by atoms with Crippen LogP contribution in [0.15, 0.2) is 72.4 Å². The number of rotatable bonds is 3. The van der Waals surface area contributed by atoms with Gasteiger partial charge in [0.2, 0.25) is 0 Å². The fourth-order valence-electron chi connectivity index (χ4n) is 3.29. The molecule has 0 saturated heterocycles. The molecule has 0 aliphatic carbocycles. The van der Waals surface area contributed by atoms with E-state index < -0.39 is 0 Å². The monoisotopic (exact) mass is 370 g/mol. The third-order valence-electron chi connectivity index (χ3n) is 4.44. The fraction of sp³-hybridized carbons (Fsp3) is 0.158. The molecule has 0 spiro atoms. The standard InChI is InChI=1S/C19H16Cl2N4/c1-24-18(14-4-8-16(21)9-5-14)19(25-11-10-22-12-25)17(23-24)13-2-6-15(20)7-3-13/h2-12,18-19H,1H3/t18-,19-/m1/s1. The summed E-state index contributed by atoms with van der Waals surface area (Å²) in [5.74, 6) is 0. The number of likely N-dealkylation sites (N-methyl/N-ethyl adjacent to an activating group) is 1. The minimum Gasteiger partial charge on any atom is -0.326 e. The van der Waals surface area contributed by atoms with Crippen LogP contribution in [0.1, 0.15) is 23.2 Å². The molecule has 3 aromatic rings. The highest BCUT2D eigenvalue weighted by molar-refractivity contribution is 6.31. The van der Waals surface area contributed by atoms with Gasteiger partial charge in [-0.1, -0.05) is 47.5 Å². The number of halogens is 2. The molecule has 0 bridgehead atoms. The predicted molar refractivity (Wildman–Crippen MR) is 101 cm³/mol. The van der Waals surface area contributed by atoms with Gasteiger partial charge in [0.15, 0.2) is 0 Å². The summed E-state index contributed by atoms with van der Waals surface area (Å²) in [6.07, 6.45) is 5.59. The Morgan fingerprint density at radius 3 is 2.12 bits per heavy atom. The highest BCUT2D eigenvalue weighted by Gasteiger charge is 2.38. The SMILES string of the molecule is CN1N=C(c2ccc(Cl)cc2)[C@@H](n2ccnc2)[C@H]1c1ccc(Cl)cc1. The van der Waals surface area contributed by atoms with Crippen molar-refractivity contribution >= 4 is 28.9 Å². The maximum atomic E-state index is 6.06. The Hall–Kier alpha value is -2.30. The first-order valence-electron chi connectivity index (χ1n) is 7.93. The van der Waals surface area contributed by atoms with Crippen molar-refractivity contribution in [1.82, 2.24) is 14.6 Å². The van der Waals surface area contributed by atoms with E-state index in [0.29, 0.717) is 5.02 Å². The number of hydrogen-bond acceptors (Lipinski definition) is 3. The second-order valence-electron chi connectivity index (χ2n) is 6.02. The molecule has 0 amide bonds. The van der Waals surface area contributed by atoms with Gasteiger partial charge in [-0.3, -0.25) is 5.01 Å². The van der Waals surface area contributed by atoms with Crippen LogP contribution in [-0.4, -0.2) is 27.3 Å². The predicted octanol–water partition coefficient (Wildman–Crippen LogP) is 4.82. The summed E-state index contributed by atoms with van der Waals surface area (Å²) in [5.41, 5.74) is 3.18. The largest absolute Gasteiger partial charge is 0.326 e. The third-order valence-corrected chi connectivity index (χ3v) is 4.95. The summed E-state index contributed by atoms with van der Waals surface area (Å²) in [6, 6.07) is 15.8. The molecular formula is C19H16Cl2N4. The van der Waals surface area contributed by atoms with Crippen LogP contribution < -0.4 is 0 Å². The van der Waals surface area contributed by atoms with E-state index in [2.05, 4.69) is 9.55 Å². The Morgan fingerprint density at radius 1 is 0.880 bits per heavy atom. The summed E-state index contributed by atoms with van der Waals surface area (Å²) in [5, 5.41) is 8.27. The Bertz CT molecular complexity index is 886. The molecular weight excluding hydrogens is 355 g/mol. The normalized spacial score (nSPS) is 20.0. The molecule has 0 fully saturated rings.